The largest absolute Gasteiger partial charge is 0.417 e. The molecule has 33 heavy (non-hydrogen) atoms. The minimum atomic E-state index is -4.60. The van der Waals surface area contributed by atoms with Gasteiger partial charge in [-0.25, -0.2) is 4.98 Å². The first kappa shape index (κ1) is 24.8. The van der Waals surface area contributed by atoms with E-state index in [0.29, 0.717) is 31.4 Å². The Morgan fingerprint density at radius 2 is 1.73 bits per heavy atom. The number of anilines is 1. The van der Waals surface area contributed by atoms with Gasteiger partial charge in [-0.05, 0) is 36.6 Å². The lowest BCUT2D eigenvalue weighted by Gasteiger charge is -2.35. The zero-order valence-corrected chi connectivity index (χ0v) is 19.2. The molecule has 2 heterocycles. The lowest BCUT2D eigenvalue weighted by atomic mass is 10.1. The first-order valence-electron chi connectivity index (χ1n) is 10.7. The predicted molar refractivity (Wildman–Crippen MR) is 121 cm³/mol. The van der Waals surface area contributed by atoms with E-state index in [4.69, 9.17) is 11.6 Å². The molecule has 0 atom stereocenters. The number of nitrogens with zero attached hydrogens (tertiary/aromatic N) is 3. The van der Waals surface area contributed by atoms with Gasteiger partial charge < -0.3 is 15.1 Å². The van der Waals surface area contributed by atoms with Crippen molar-refractivity contribution in [2.45, 2.75) is 26.4 Å². The van der Waals surface area contributed by atoms with Gasteiger partial charge in [-0.2, -0.15) is 13.2 Å². The van der Waals surface area contributed by atoms with Gasteiger partial charge in [-0.1, -0.05) is 37.6 Å². The number of nitrogens with one attached hydrogen (secondary N) is 1. The van der Waals surface area contributed by atoms with Crippen LogP contribution < -0.4 is 10.2 Å². The Hall–Kier alpha value is -2.81. The van der Waals surface area contributed by atoms with E-state index in [1.165, 1.54) is 23.1 Å². The third-order valence-electron chi connectivity index (χ3n) is 5.44. The third kappa shape index (κ3) is 6.16. The van der Waals surface area contributed by atoms with E-state index in [2.05, 4.69) is 24.1 Å². The summed E-state index contributed by atoms with van der Waals surface area (Å²) in [5.74, 6) is 0.0655. The van der Waals surface area contributed by atoms with Gasteiger partial charge in [0.25, 0.3) is 11.8 Å². The van der Waals surface area contributed by atoms with E-state index in [1.54, 1.807) is 12.1 Å². The van der Waals surface area contributed by atoms with E-state index in [-0.39, 0.29) is 35.3 Å². The fourth-order valence-corrected chi connectivity index (χ4v) is 3.80. The Kier molecular flexibility index (Phi) is 7.84. The Labute approximate surface area is 195 Å². The van der Waals surface area contributed by atoms with Crippen LogP contribution in [0.3, 0.4) is 0 Å². The molecule has 1 N–H and O–H groups in total. The minimum absolute atomic E-state index is 0.0761. The molecule has 2 aromatic rings. The van der Waals surface area contributed by atoms with Crippen molar-refractivity contribution in [3.8, 4) is 0 Å². The molecule has 0 spiro atoms. The van der Waals surface area contributed by atoms with E-state index in [0.717, 1.165) is 12.5 Å². The summed E-state index contributed by atoms with van der Waals surface area (Å²) in [4.78, 5) is 32.6. The van der Waals surface area contributed by atoms with Gasteiger partial charge in [-0.15, -0.1) is 0 Å². The van der Waals surface area contributed by atoms with Crippen LogP contribution in [-0.2, 0) is 6.18 Å². The maximum Gasteiger partial charge on any atom is 0.417 e. The third-order valence-corrected chi connectivity index (χ3v) is 5.73. The number of aromatic nitrogens is 1. The smallest absolute Gasteiger partial charge is 0.353 e. The maximum absolute atomic E-state index is 13.3. The van der Waals surface area contributed by atoms with Crippen molar-refractivity contribution in [2.75, 3.05) is 37.6 Å². The zero-order chi connectivity index (χ0) is 24.2. The van der Waals surface area contributed by atoms with Crippen molar-refractivity contribution in [1.82, 2.24) is 15.2 Å². The molecule has 2 amide bonds. The van der Waals surface area contributed by atoms with Crippen LogP contribution in [0.1, 0.15) is 46.5 Å². The molecule has 1 fully saturated rings. The molecule has 1 aromatic heterocycles. The van der Waals surface area contributed by atoms with Crippen molar-refractivity contribution < 1.29 is 22.8 Å². The van der Waals surface area contributed by atoms with Gasteiger partial charge in [0.05, 0.1) is 16.7 Å². The number of amides is 2. The molecule has 3 rings (SSSR count). The summed E-state index contributed by atoms with van der Waals surface area (Å²) in [6.07, 6.45) is -3.75. The quantitative estimate of drug-likeness (QED) is 0.616. The summed E-state index contributed by atoms with van der Waals surface area (Å²) >= 11 is 6.23. The van der Waals surface area contributed by atoms with Crippen LogP contribution >= 0.6 is 11.6 Å². The Balaban J connectivity index is 1.63. The topological polar surface area (TPSA) is 65.5 Å². The number of benzene rings is 1. The van der Waals surface area contributed by atoms with Crippen LogP contribution in [-0.4, -0.2) is 54.4 Å². The highest BCUT2D eigenvalue weighted by Crippen LogP contribution is 2.32. The standard InChI is InChI=1S/C23H26ClF3N4O2/c1-15(2)9-10-28-21(32)17-7-8-19(29-20(17)24)30-11-13-31(14-12-30)22(33)16-5-3-4-6-18(16)23(25,26)27/h3-8,15H,9-14H2,1-2H3,(H,28,32). The fourth-order valence-electron chi connectivity index (χ4n) is 3.57. The highest BCUT2D eigenvalue weighted by molar-refractivity contribution is 6.32. The van der Waals surface area contributed by atoms with Crippen molar-refractivity contribution in [1.29, 1.82) is 0 Å². The summed E-state index contributed by atoms with van der Waals surface area (Å²) in [5, 5.41) is 2.89. The van der Waals surface area contributed by atoms with Crippen LogP contribution in [0.5, 0.6) is 0 Å². The maximum atomic E-state index is 13.3. The molecule has 0 saturated carbocycles. The van der Waals surface area contributed by atoms with E-state index < -0.39 is 17.6 Å². The first-order chi connectivity index (χ1) is 15.6. The average molecular weight is 483 g/mol. The van der Waals surface area contributed by atoms with Gasteiger partial charge in [-0.3, -0.25) is 9.59 Å². The summed E-state index contributed by atoms with van der Waals surface area (Å²) in [5.41, 5.74) is -1.01. The summed E-state index contributed by atoms with van der Waals surface area (Å²) in [7, 11) is 0. The molecule has 1 aromatic carbocycles. The Morgan fingerprint density at radius 1 is 1.06 bits per heavy atom. The van der Waals surface area contributed by atoms with Crippen molar-refractivity contribution in [3.63, 3.8) is 0 Å². The summed E-state index contributed by atoms with van der Waals surface area (Å²) in [6, 6.07) is 8.08. The number of piperazine rings is 1. The molecular weight excluding hydrogens is 457 g/mol. The van der Waals surface area contributed by atoms with Crippen LogP contribution in [0.4, 0.5) is 19.0 Å². The van der Waals surface area contributed by atoms with Gasteiger partial charge in [0.1, 0.15) is 11.0 Å². The SMILES string of the molecule is CC(C)CCNC(=O)c1ccc(N2CCN(C(=O)c3ccccc3C(F)(F)F)CC2)nc1Cl. The molecule has 1 aliphatic heterocycles. The molecule has 1 saturated heterocycles. The van der Waals surface area contributed by atoms with E-state index in [1.807, 2.05) is 4.90 Å². The Bertz CT molecular complexity index is 1010. The van der Waals surface area contributed by atoms with Crippen LogP contribution in [0.2, 0.25) is 5.15 Å². The zero-order valence-electron chi connectivity index (χ0n) is 18.5. The fraction of sp³-hybridized carbons (Fsp3) is 0.435. The minimum Gasteiger partial charge on any atom is -0.353 e. The normalized spacial score (nSPS) is 14.5. The molecule has 10 heteroatoms. The second-order valence-electron chi connectivity index (χ2n) is 8.27. The van der Waals surface area contributed by atoms with E-state index >= 15 is 0 Å². The second kappa shape index (κ2) is 10.4. The molecule has 0 unspecified atom stereocenters. The number of rotatable bonds is 6. The molecule has 1 aliphatic rings. The van der Waals surface area contributed by atoms with Crippen molar-refractivity contribution in [3.05, 3.63) is 58.2 Å². The summed E-state index contributed by atoms with van der Waals surface area (Å²) < 4.78 is 39.8. The number of hydrogen-bond acceptors (Lipinski definition) is 4. The van der Waals surface area contributed by atoms with Crippen LogP contribution in [0.15, 0.2) is 36.4 Å². The number of halogens is 4. The summed E-state index contributed by atoms with van der Waals surface area (Å²) in [6.45, 7) is 5.91. The molecule has 178 valence electrons. The second-order valence-corrected chi connectivity index (χ2v) is 8.63. The highest BCUT2D eigenvalue weighted by atomic mass is 35.5. The van der Waals surface area contributed by atoms with E-state index in [9.17, 15) is 22.8 Å². The number of hydrogen-bond donors (Lipinski definition) is 1. The molecular formula is C23H26ClF3N4O2. The number of carbonyl (C=O) groups is 2. The van der Waals surface area contributed by atoms with Gasteiger partial charge >= 0.3 is 6.18 Å². The monoisotopic (exact) mass is 482 g/mol. The van der Waals surface area contributed by atoms with Crippen LogP contribution in [0, 0.1) is 5.92 Å². The lowest BCUT2D eigenvalue weighted by molar-refractivity contribution is -0.138. The van der Waals surface area contributed by atoms with Crippen molar-refractivity contribution in [2.24, 2.45) is 5.92 Å². The van der Waals surface area contributed by atoms with Gasteiger partial charge in [0.15, 0.2) is 0 Å². The lowest BCUT2D eigenvalue weighted by Crippen LogP contribution is -2.49. The average Bonchev–Trinajstić information content (AvgIpc) is 2.77. The van der Waals surface area contributed by atoms with Gasteiger partial charge in [0.2, 0.25) is 0 Å². The van der Waals surface area contributed by atoms with Gasteiger partial charge in [0, 0.05) is 32.7 Å². The van der Waals surface area contributed by atoms with Crippen LogP contribution in [0.25, 0.3) is 0 Å². The molecule has 0 bridgehead atoms. The molecule has 6 nitrogen and oxygen atoms in total. The molecule has 0 aliphatic carbocycles. The molecule has 0 radical (unpaired) electrons. The first-order valence-corrected chi connectivity index (χ1v) is 11.1. The number of alkyl halides is 3. The number of pyridine rings is 1. The number of carbonyl (C=O) groups excluding carboxylic acids is 2. The predicted octanol–water partition coefficient (Wildman–Crippen LogP) is 4.49. The Morgan fingerprint density at radius 3 is 2.33 bits per heavy atom. The van der Waals surface area contributed by atoms with Crippen molar-refractivity contribution >= 4 is 29.2 Å². The highest BCUT2D eigenvalue weighted by Gasteiger charge is 2.36.